The molecule has 0 saturated carbocycles. The van der Waals surface area contributed by atoms with Crippen molar-refractivity contribution in [3.63, 3.8) is 0 Å². The number of amides is 1. The molecule has 2 aliphatic heterocycles. The molecule has 0 spiro atoms. The first kappa shape index (κ1) is 22.9. The molecular formula is C25H29N3O5. The van der Waals surface area contributed by atoms with Gasteiger partial charge in [-0.2, -0.15) is 0 Å². The van der Waals surface area contributed by atoms with Crippen LogP contribution in [-0.4, -0.2) is 78.1 Å². The maximum atomic E-state index is 13.1. The maximum Gasteiger partial charge on any atom is 0.295 e. The topological polar surface area (TPSA) is 92.2 Å². The third-order valence-corrected chi connectivity index (χ3v) is 6.15. The number of aryl methyl sites for hydroxylation is 1. The maximum absolute atomic E-state index is 13.1. The number of benzene rings is 1. The van der Waals surface area contributed by atoms with Crippen molar-refractivity contribution < 1.29 is 24.2 Å². The van der Waals surface area contributed by atoms with Crippen molar-refractivity contribution >= 4 is 17.4 Å². The summed E-state index contributed by atoms with van der Waals surface area (Å²) in [6.07, 6.45) is 2.33. The van der Waals surface area contributed by atoms with Crippen LogP contribution in [0.25, 0.3) is 5.76 Å². The van der Waals surface area contributed by atoms with Gasteiger partial charge in [0.1, 0.15) is 17.6 Å². The second-order valence-corrected chi connectivity index (χ2v) is 8.24. The number of methoxy groups -OCH3 is 1. The average Bonchev–Trinajstić information content (AvgIpc) is 3.10. The first-order valence-electron chi connectivity index (χ1n) is 11.2. The van der Waals surface area contributed by atoms with E-state index in [1.165, 1.54) is 4.90 Å². The van der Waals surface area contributed by atoms with Gasteiger partial charge in [-0.05, 0) is 49.2 Å². The Morgan fingerprint density at radius 2 is 1.97 bits per heavy atom. The highest BCUT2D eigenvalue weighted by Gasteiger charge is 2.46. The summed E-state index contributed by atoms with van der Waals surface area (Å²) in [5.74, 6) is -0.829. The van der Waals surface area contributed by atoms with Gasteiger partial charge in [-0.15, -0.1) is 0 Å². The molecule has 0 radical (unpaired) electrons. The number of aromatic nitrogens is 1. The van der Waals surface area contributed by atoms with Crippen LogP contribution in [0.1, 0.15) is 29.3 Å². The fraction of sp³-hybridized carbons (Fsp3) is 0.400. The Hall–Kier alpha value is -3.23. The number of carbonyl (C=O) groups excluding carboxylic acids is 2. The monoisotopic (exact) mass is 451 g/mol. The lowest BCUT2D eigenvalue weighted by Gasteiger charge is -2.28. The second-order valence-electron chi connectivity index (χ2n) is 8.24. The Labute approximate surface area is 193 Å². The highest BCUT2D eigenvalue weighted by atomic mass is 16.5. The van der Waals surface area contributed by atoms with Crippen molar-refractivity contribution in [1.82, 2.24) is 14.8 Å². The predicted molar refractivity (Wildman–Crippen MR) is 123 cm³/mol. The fourth-order valence-electron chi connectivity index (χ4n) is 4.43. The summed E-state index contributed by atoms with van der Waals surface area (Å²) in [7, 11) is 1.57. The standard InChI is InChI=1S/C25H29N3O5/c1-17-16-18(7-8-20(17)32-2)23(29)21-22(19-6-3-4-9-26-19)28(25(31)24(21)30)11-5-10-27-12-14-33-15-13-27/h3-4,6-9,16,22,29H,5,10-15H2,1-2H3. The number of ketones is 1. The third kappa shape index (κ3) is 4.77. The van der Waals surface area contributed by atoms with Crippen molar-refractivity contribution in [2.45, 2.75) is 19.4 Å². The van der Waals surface area contributed by atoms with E-state index in [-0.39, 0.29) is 11.3 Å². The number of carbonyl (C=O) groups is 2. The lowest BCUT2D eigenvalue weighted by atomic mass is 9.97. The van der Waals surface area contributed by atoms with Crippen LogP contribution in [0.3, 0.4) is 0 Å². The zero-order valence-electron chi connectivity index (χ0n) is 19.0. The molecule has 174 valence electrons. The van der Waals surface area contributed by atoms with E-state index in [2.05, 4.69) is 9.88 Å². The third-order valence-electron chi connectivity index (χ3n) is 6.15. The number of aliphatic hydroxyl groups is 1. The molecule has 2 aliphatic rings. The number of morpholine rings is 1. The van der Waals surface area contributed by atoms with Crippen LogP contribution in [0, 0.1) is 6.92 Å². The molecule has 2 aromatic rings. The molecule has 1 aromatic heterocycles. The van der Waals surface area contributed by atoms with Gasteiger partial charge in [0, 0.05) is 37.9 Å². The molecule has 1 amide bonds. The smallest absolute Gasteiger partial charge is 0.295 e. The quantitative estimate of drug-likeness (QED) is 0.393. The summed E-state index contributed by atoms with van der Waals surface area (Å²) in [6, 6.07) is 9.79. The van der Waals surface area contributed by atoms with E-state index >= 15 is 0 Å². The van der Waals surface area contributed by atoms with Crippen LogP contribution >= 0.6 is 0 Å². The lowest BCUT2D eigenvalue weighted by Crippen LogP contribution is -2.39. The van der Waals surface area contributed by atoms with Crippen LogP contribution in [-0.2, 0) is 14.3 Å². The van der Waals surface area contributed by atoms with Gasteiger partial charge in [0.05, 0.1) is 31.6 Å². The molecular weight excluding hydrogens is 422 g/mol. The molecule has 0 aliphatic carbocycles. The van der Waals surface area contributed by atoms with Gasteiger partial charge >= 0.3 is 0 Å². The summed E-state index contributed by atoms with van der Waals surface area (Å²) >= 11 is 0. The van der Waals surface area contributed by atoms with Crippen molar-refractivity contribution in [3.8, 4) is 5.75 Å². The van der Waals surface area contributed by atoms with E-state index in [1.807, 2.05) is 13.0 Å². The first-order chi connectivity index (χ1) is 16.0. The highest BCUT2D eigenvalue weighted by molar-refractivity contribution is 6.46. The van der Waals surface area contributed by atoms with E-state index in [4.69, 9.17) is 9.47 Å². The number of pyridine rings is 1. The van der Waals surface area contributed by atoms with Gasteiger partial charge < -0.3 is 19.5 Å². The number of rotatable bonds is 7. The Bertz CT molecular complexity index is 1050. The number of aliphatic hydroxyl groups excluding tert-OH is 1. The zero-order valence-corrected chi connectivity index (χ0v) is 19.0. The largest absolute Gasteiger partial charge is 0.507 e. The van der Waals surface area contributed by atoms with Crippen LogP contribution in [0.5, 0.6) is 5.75 Å². The van der Waals surface area contributed by atoms with Gasteiger partial charge in [0.25, 0.3) is 11.7 Å². The second kappa shape index (κ2) is 10.1. The first-order valence-corrected chi connectivity index (χ1v) is 11.2. The van der Waals surface area contributed by atoms with Crippen molar-refractivity contribution in [2.24, 2.45) is 0 Å². The molecule has 8 nitrogen and oxygen atoms in total. The zero-order chi connectivity index (χ0) is 23.4. The Balaban J connectivity index is 1.66. The SMILES string of the molecule is COc1ccc(C(O)=C2C(=O)C(=O)N(CCCN3CCOCC3)C2c2ccccn2)cc1C. The van der Waals surface area contributed by atoms with E-state index in [0.29, 0.717) is 43.2 Å². The number of hydrogen-bond donors (Lipinski definition) is 1. The summed E-state index contributed by atoms with van der Waals surface area (Å²) in [6.45, 7) is 6.19. The van der Waals surface area contributed by atoms with Crippen LogP contribution in [0.4, 0.5) is 0 Å². The molecule has 1 unspecified atom stereocenters. The van der Waals surface area contributed by atoms with Gasteiger partial charge in [-0.3, -0.25) is 19.5 Å². The van der Waals surface area contributed by atoms with Gasteiger partial charge in [0.15, 0.2) is 0 Å². The van der Waals surface area contributed by atoms with Crippen LogP contribution in [0.15, 0.2) is 48.2 Å². The molecule has 2 fully saturated rings. The van der Waals surface area contributed by atoms with Gasteiger partial charge in [-0.25, -0.2) is 0 Å². The summed E-state index contributed by atoms with van der Waals surface area (Å²) in [4.78, 5) is 34.4. The normalized spacial score (nSPS) is 20.9. The Morgan fingerprint density at radius 3 is 2.64 bits per heavy atom. The summed E-state index contributed by atoms with van der Waals surface area (Å²) in [5, 5.41) is 11.2. The minimum Gasteiger partial charge on any atom is -0.507 e. The van der Waals surface area contributed by atoms with E-state index in [9.17, 15) is 14.7 Å². The molecule has 1 aromatic carbocycles. The number of likely N-dealkylation sites (tertiary alicyclic amines) is 1. The van der Waals surface area contributed by atoms with Crippen LogP contribution in [0.2, 0.25) is 0 Å². The van der Waals surface area contributed by atoms with E-state index < -0.39 is 17.7 Å². The average molecular weight is 452 g/mol. The Morgan fingerprint density at radius 1 is 1.18 bits per heavy atom. The highest BCUT2D eigenvalue weighted by Crippen LogP contribution is 2.39. The number of Topliss-reactive ketones (excluding diaryl/α,β-unsaturated/α-hetero) is 1. The fourth-order valence-corrected chi connectivity index (χ4v) is 4.43. The van der Waals surface area contributed by atoms with E-state index in [0.717, 1.165) is 25.2 Å². The molecule has 0 bridgehead atoms. The molecule has 4 rings (SSSR count). The van der Waals surface area contributed by atoms with E-state index in [1.54, 1.807) is 43.6 Å². The molecule has 33 heavy (non-hydrogen) atoms. The summed E-state index contributed by atoms with van der Waals surface area (Å²) in [5.41, 5.74) is 1.89. The molecule has 8 heteroatoms. The Kier molecular flexibility index (Phi) is 7.05. The lowest BCUT2D eigenvalue weighted by molar-refractivity contribution is -0.140. The van der Waals surface area contributed by atoms with Crippen molar-refractivity contribution in [3.05, 3.63) is 65.0 Å². The van der Waals surface area contributed by atoms with Crippen molar-refractivity contribution in [1.29, 1.82) is 0 Å². The van der Waals surface area contributed by atoms with Gasteiger partial charge in [-0.1, -0.05) is 6.07 Å². The minimum atomic E-state index is -0.738. The predicted octanol–water partition coefficient (Wildman–Crippen LogP) is 2.54. The number of nitrogens with zero attached hydrogens (tertiary/aromatic N) is 3. The minimum absolute atomic E-state index is 0.0645. The summed E-state index contributed by atoms with van der Waals surface area (Å²) < 4.78 is 10.7. The molecule has 1 atom stereocenters. The molecule has 1 N–H and O–H groups in total. The number of hydrogen-bond acceptors (Lipinski definition) is 7. The molecule has 2 saturated heterocycles. The number of ether oxygens (including phenoxy) is 2. The van der Waals surface area contributed by atoms with Gasteiger partial charge in [0.2, 0.25) is 0 Å². The van der Waals surface area contributed by atoms with Crippen LogP contribution < -0.4 is 4.74 Å². The van der Waals surface area contributed by atoms with Crippen molar-refractivity contribution in [2.75, 3.05) is 46.5 Å². The molecule has 3 heterocycles.